The van der Waals surface area contributed by atoms with Crippen molar-refractivity contribution in [2.24, 2.45) is 0 Å². The van der Waals surface area contributed by atoms with Gasteiger partial charge in [-0.25, -0.2) is 0 Å². The maximum Gasteiger partial charge on any atom is 0.248 e. The third-order valence-corrected chi connectivity index (χ3v) is 5.27. The number of amides is 1. The lowest BCUT2D eigenvalue weighted by molar-refractivity contribution is -0.140. The molecule has 2 fully saturated rings. The van der Waals surface area contributed by atoms with Crippen LogP contribution < -0.4 is 4.74 Å². The summed E-state index contributed by atoms with van der Waals surface area (Å²) >= 11 is 1.92. The average molecular weight is 294 g/mol. The molecule has 0 aromatic carbocycles. The highest BCUT2D eigenvalue weighted by Gasteiger charge is 2.51. The highest BCUT2D eigenvalue weighted by Crippen LogP contribution is 2.46. The molecule has 2 aliphatic heterocycles. The highest BCUT2D eigenvalue weighted by molar-refractivity contribution is 8.01. The Labute approximate surface area is 122 Å². The van der Waals surface area contributed by atoms with Crippen LogP contribution >= 0.6 is 11.8 Å². The molecule has 1 atom stereocenters. The number of carbonyl (C=O) groups excluding carboxylic acids is 1. The van der Waals surface area contributed by atoms with Crippen molar-refractivity contribution in [3.63, 3.8) is 0 Å². The number of thioether (sulfide) groups is 1. The minimum absolute atomic E-state index is 0.0790. The molecule has 0 N–H and O–H groups in total. The van der Waals surface area contributed by atoms with Crippen LogP contribution in [0.25, 0.3) is 0 Å². The number of carbonyl (C=O) groups is 1. The summed E-state index contributed by atoms with van der Waals surface area (Å²) in [6, 6.07) is 3.81. The Hall–Kier alpha value is -1.27. The number of hydrogen-bond acceptors (Lipinski definition) is 5. The molecule has 0 bridgehead atoms. The molecule has 1 aromatic rings. The summed E-state index contributed by atoms with van der Waals surface area (Å²) in [5.74, 6) is 1.87. The number of pyridine rings is 1. The summed E-state index contributed by atoms with van der Waals surface area (Å²) < 4.78 is 11.0. The fraction of sp³-hybridized carbons (Fsp3) is 0.571. The predicted molar refractivity (Wildman–Crippen MR) is 76.9 cm³/mol. The Morgan fingerprint density at radius 1 is 1.60 bits per heavy atom. The summed E-state index contributed by atoms with van der Waals surface area (Å²) in [4.78, 5) is 17.6. The van der Waals surface area contributed by atoms with E-state index in [1.54, 1.807) is 19.5 Å². The van der Waals surface area contributed by atoms with E-state index in [1.165, 1.54) is 0 Å². The molecule has 2 aliphatic rings. The van der Waals surface area contributed by atoms with Crippen molar-refractivity contribution in [2.75, 3.05) is 32.6 Å². The van der Waals surface area contributed by atoms with Crippen LogP contribution in [0.5, 0.6) is 5.75 Å². The number of rotatable bonds is 4. The molecule has 108 valence electrons. The molecule has 0 radical (unpaired) electrons. The number of nitrogens with zero attached hydrogens (tertiary/aromatic N) is 2. The molecule has 0 aliphatic carbocycles. The quantitative estimate of drug-likeness (QED) is 0.835. The Balaban J connectivity index is 1.50. The zero-order valence-electron chi connectivity index (χ0n) is 11.4. The van der Waals surface area contributed by atoms with E-state index >= 15 is 0 Å². The number of methoxy groups -OCH3 is 1. The van der Waals surface area contributed by atoms with Gasteiger partial charge in [0, 0.05) is 38.6 Å². The summed E-state index contributed by atoms with van der Waals surface area (Å²) in [6.45, 7) is 1.80. The molecule has 1 amide bonds. The molecule has 3 rings (SSSR count). The monoisotopic (exact) mass is 294 g/mol. The zero-order valence-corrected chi connectivity index (χ0v) is 12.3. The van der Waals surface area contributed by atoms with Crippen molar-refractivity contribution in [3.8, 4) is 5.75 Å². The van der Waals surface area contributed by atoms with Crippen molar-refractivity contribution >= 4 is 17.7 Å². The molecule has 20 heavy (non-hydrogen) atoms. The molecule has 1 aromatic heterocycles. The van der Waals surface area contributed by atoms with E-state index < -0.39 is 0 Å². The van der Waals surface area contributed by atoms with Gasteiger partial charge in [-0.1, -0.05) is 0 Å². The van der Waals surface area contributed by atoms with E-state index in [1.807, 2.05) is 28.8 Å². The molecule has 2 saturated heterocycles. The summed E-state index contributed by atoms with van der Waals surface area (Å²) in [5, 5.41) is 0. The van der Waals surface area contributed by atoms with Crippen molar-refractivity contribution in [2.45, 2.75) is 17.3 Å². The summed E-state index contributed by atoms with van der Waals surface area (Å²) in [7, 11) is 1.55. The molecular weight excluding hydrogens is 276 g/mol. The second-order valence-electron chi connectivity index (χ2n) is 5.31. The standard InChI is InChI=1S/C14H18N2O3S/c1-18-7-13(17)16-9-14(10-16)5-12(8-20-14)19-11-3-2-4-15-6-11/h2-4,6,12H,5,7-10H2,1H3. The van der Waals surface area contributed by atoms with Crippen LogP contribution in [-0.2, 0) is 9.53 Å². The highest BCUT2D eigenvalue weighted by atomic mass is 32.2. The normalized spacial score (nSPS) is 23.6. The van der Waals surface area contributed by atoms with Gasteiger partial charge in [-0.2, -0.15) is 0 Å². The maximum atomic E-state index is 11.7. The fourth-order valence-corrected chi connectivity index (χ4v) is 4.27. The van der Waals surface area contributed by atoms with Gasteiger partial charge >= 0.3 is 0 Å². The van der Waals surface area contributed by atoms with Crippen LogP contribution in [0.3, 0.4) is 0 Å². The number of aromatic nitrogens is 1. The first-order chi connectivity index (χ1) is 9.71. The van der Waals surface area contributed by atoms with Crippen molar-refractivity contribution < 1.29 is 14.3 Å². The van der Waals surface area contributed by atoms with Gasteiger partial charge in [0.05, 0.1) is 10.9 Å². The average Bonchev–Trinajstić information content (AvgIpc) is 2.83. The Morgan fingerprint density at radius 3 is 3.15 bits per heavy atom. The van der Waals surface area contributed by atoms with Crippen LogP contribution in [0.15, 0.2) is 24.5 Å². The Kier molecular flexibility index (Phi) is 3.85. The lowest BCUT2D eigenvalue weighted by Gasteiger charge is -2.47. The Morgan fingerprint density at radius 2 is 2.45 bits per heavy atom. The fourth-order valence-electron chi connectivity index (χ4n) is 2.75. The minimum Gasteiger partial charge on any atom is -0.488 e. The molecular formula is C14H18N2O3S. The first-order valence-corrected chi connectivity index (χ1v) is 7.67. The first-order valence-electron chi connectivity index (χ1n) is 6.68. The maximum absolute atomic E-state index is 11.7. The van der Waals surface area contributed by atoms with Gasteiger partial charge < -0.3 is 14.4 Å². The largest absolute Gasteiger partial charge is 0.488 e. The van der Waals surface area contributed by atoms with Gasteiger partial charge in [-0.3, -0.25) is 9.78 Å². The van der Waals surface area contributed by atoms with E-state index in [-0.39, 0.29) is 23.4 Å². The zero-order chi connectivity index (χ0) is 14.0. The summed E-state index contributed by atoms with van der Waals surface area (Å²) in [5.41, 5.74) is 0. The van der Waals surface area contributed by atoms with Gasteiger partial charge in [0.2, 0.25) is 5.91 Å². The van der Waals surface area contributed by atoms with Gasteiger partial charge in [-0.15, -0.1) is 11.8 Å². The number of hydrogen-bond donors (Lipinski definition) is 0. The second kappa shape index (κ2) is 5.61. The number of likely N-dealkylation sites (tertiary alicyclic amines) is 1. The first kappa shape index (κ1) is 13.7. The number of ether oxygens (including phenoxy) is 2. The summed E-state index contributed by atoms with van der Waals surface area (Å²) in [6.07, 6.45) is 4.68. The minimum atomic E-state index is 0.0790. The van der Waals surface area contributed by atoms with Gasteiger partial charge in [-0.05, 0) is 12.1 Å². The van der Waals surface area contributed by atoms with Crippen LogP contribution in [-0.4, -0.2) is 59.2 Å². The van der Waals surface area contributed by atoms with E-state index in [2.05, 4.69) is 4.98 Å². The van der Waals surface area contributed by atoms with Gasteiger partial charge in [0.1, 0.15) is 18.5 Å². The van der Waals surface area contributed by atoms with E-state index in [9.17, 15) is 4.79 Å². The smallest absolute Gasteiger partial charge is 0.248 e. The molecule has 3 heterocycles. The lowest BCUT2D eigenvalue weighted by atomic mass is 9.93. The molecule has 5 nitrogen and oxygen atoms in total. The second-order valence-corrected chi connectivity index (χ2v) is 6.80. The van der Waals surface area contributed by atoms with Crippen molar-refractivity contribution in [3.05, 3.63) is 24.5 Å². The van der Waals surface area contributed by atoms with E-state index in [0.29, 0.717) is 0 Å². The van der Waals surface area contributed by atoms with Gasteiger partial charge in [0.15, 0.2) is 0 Å². The lowest BCUT2D eigenvalue weighted by Crippen LogP contribution is -2.61. The van der Waals surface area contributed by atoms with E-state index in [0.717, 1.165) is 31.0 Å². The third kappa shape index (κ3) is 2.76. The van der Waals surface area contributed by atoms with Crippen LogP contribution in [0.4, 0.5) is 0 Å². The molecule has 6 heteroatoms. The molecule has 1 spiro atoms. The van der Waals surface area contributed by atoms with Crippen molar-refractivity contribution in [1.82, 2.24) is 9.88 Å². The van der Waals surface area contributed by atoms with E-state index in [4.69, 9.17) is 9.47 Å². The third-order valence-electron chi connectivity index (χ3n) is 3.69. The van der Waals surface area contributed by atoms with Crippen molar-refractivity contribution in [1.29, 1.82) is 0 Å². The van der Waals surface area contributed by atoms with Crippen LogP contribution in [0.2, 0.25) is 0 Å². The molecule has 1 unspecified atom stereocenters. The van der Waals surface area contributed by atoms with Gasteiger partial charge in [0.25, 0.3) is 0 Å². The van der Waals surface area contributed by atoms with Crippen LogP contribution in [0, 0.1) is 0 Å². The van der Waals surface area contributed by atoms with Crippen LogP contribution in [0.1, 0.15) is 6.42 Å². The topological polar surface area (TPSA) is 51.7 Å². The predicted octanol–water partition coefficient (Wildman–Crippen LogP) is 1.19. The Bertz CT molecular complexity index is 477. The molecule has 0 saturated carbocycles. The SMILES string of the molecule is COCC(=O)N1CC2(CC(Oc3cccnc3)CS2)C1.